The van der Waals surface area contributed by atoms with Crippen LogP contribution >= 0.6 is 0 Å². The van der Waals surface area contributed by atoms with E-state index >= 15 is 0 Å². The highest BCUT2D eigenvalue weighted by Crippen LogP contribution is 2.31. The van der Waals surface area contributed by atoms with Gasteiger partial charge in [-0.3, -0.25) is 4.98 Å². The molecule has 0 radical (unpaired) electrons. The van der Waals surface area contributed by atoms with E-state index < -0.39 is 0 Å². The topological polar surface area (TPSA) is 72.5 Å². The molecule has 26 heavy (non-hydrogen) atoms. The number of para-hydroxylation sites is 2. The Kier molecular flexibility index (Phi) is 5.67. The van der Waals surface area contributed by atoms with Crippen molar-refractivity contribution in [1.29, 1.82) is 0 Å². The molecule has 2 amide bonds. The summed E-state index contributed by atoms with van der Waals surface area (Å²) in [6, 6.07) is 18.0. The maximum Gasteiger partial charge on any atom is 0.319 e. The van der Waals surface area contributed by atoms with Crippen LogP contribution in [0.4, 0.5) is 10.5 Å². The molecule has 0 aliphatic carbocycles. The van der Waals surface area contributed by atoms with Gasteiger partial charge in [0.15, 0.2) is 11.5 Å². The van der Waals surface area contributed by atoms with E-state index in [0.717, 1.165) is 5.56 Å². The van der Waals surface area contributed by atoms with E-state index in [1.807, 2.05) is 36.4 Å². The van der Waals surface area contributed by atoms with Crippen LogP contribution in [-0.4, -0.2) is 18.1 Å². The van der Waals surface area contributed by atoms with E-state index in [1.54, 1.807) is 43.8 Å². The summed E-state index contributed by atoms with van der Waals surface area (Å²) in [5.74, 6) is 1.94. The Balaban J connectivity index is 1.55. The standard InChI is InChI=1S/C20H19N3O3/c1-25-18-6-2-3-7-19(18)26-17-10-8-16(9-11-17)23-20(24)22-14-15-5-4-12-21-13-15/h2-13H,14H2,1H3,(H2,22,23,24). The van der Waals surface area contributed by atoms with Crippen LogP contribution in [0.1, 0.15) is 5.56 Å². The molecule has 0 fully saturated rings. The lowest BCUT2D eigenvalue weighted by Gasteiger charge is -2.11. The molecule has 2 N–H and O–H groups in total. The number of hydrogen-bond acceptors (Lipinski definition) is 4. The fourth-order valence-electron chi connectivity index (χ4n) is 2.30. The zero-order valence-corrected chi connectivity index (χ0v) is 14.3. The van der Waals surface area contributed by atoms with Crippen molar-refractivity contribution < 1.29 is 14.3 Å². The third-order valence-corrected chi connectivity index (χ3v) is 3.58. The molecule has 0 aliphatic heterocycles. The van der Waals surface area contributed by atoms with Crippen LogP contribution in [0.15, 0.2) is 73.1 Å². The molecule has 6 nitrogen and oxygen atoms in total. The SMILES string of the molecule is COc1ccccc1Oc1ccc(NC(=O)NCc2cccnc2)cc1. The van der Waals surface area contributed by atoms with Gasteiger partial charge in [0.2, 0.25) is 0 Å². The molecule has 0 unspecified atom stereocenters. The highest BCUT2D eigenvalue weighted by Gasteiger charge is 2.05. The average molecular weight is 349 g/mol. The summed E-state index contributed by atoms with van der Waals surface area (Å²) >= 11 is 0. The predicted molar refractivity (Wildman–Crippen MR) is 99.6 cm³/mol. The summed E-state index contributed by atoms with van der Waals surface area (Å²) in [6.45, 7) is 0.411. The fourth-order valence-corrected chi connectivity index (χ4v) is 2.30. The second-order valence-corrected chi connectivity index (χ2v) is 5.45. The van der Waals surface area contributed by atoms with Gasteiger partial charge in [-0.2, -0.15) is 0 Å². The number of hydrogen-bond donors (Lipinski definition) is 2. The first-order chi connectivity index (χ1) is 12.7. The molecular formula is C20H19N3O3. The van der Waals surface area contributed by atoms with E-state index in [0.29, 0.717) is 29.5 Å². The molecule has 0 spiro atoms. The van der Waals surface area contributed by atoms with Gasteiger partial charge in [0.25, 0.3) is 0 Å². The number of amides is 2. The summed E-state index contributed by atoms with van der Waals surface area (Å²) in [7, 11) is 1.60. The van der Waals surface area contributed by atoms with Crippen molar-refractivity contribution in [2.75, 3.05) is 12.4 Å². The Labute approximate surface area is 151 Å². The minimum atomic E-state index is -0.285. The van der Waals surface area contributed by atoms with E-state index in [1.165, 1.54) is 0 Å². The van der Waals surface area contributed by atoms with Crippen LogP contribution in [0, 0.1) is 0 Å². The summed E-state index contributed by atoms with van der Waals surface area (Å²) in [5.41, 5.74) is 1.60. The lowest BCUT2D eigenvalue weighted by atomic mass is 10.3. The van der Waals surface area contributed by atoms with Crippen LogP contribution in [-0.2, 0) is 6.54 Å². The number of nitrogens with one attached hydrogen (secondary N) is 2. The second-order valence-electron chi connectivity index (χ2n) is 5.45. The summed E-state index contributed by atoms with van der Waals surface area (Å²) in [4.78, 5) is 16.0. The first-order valence-corrected chi connectivity index (χ1v) is 8.09. The van der Waals surface area contributed by atoms with Crippen molar-refractivity contribution in [3.63, 3.8) is 0 Å². The number of carbonyl (C=O) groups is 1. The highest BCUT2D eigenvalue weighted by atomic mass is 16.5. The van der Waals surface area contributed by atoms with Crippen LogP contribution in [0.5, 0.6) is 17.2 Å². The number of methoxy groups -OCH3 is 1. The van der Waals surface area contributed by atoms with Crippen molar-refractivity contribution in [3.8, 4) is 17.2 Å². The average Bonchev–Trinajstić information content (AvgIpc) is 2.69. The Morgan fingerprint density at radius 2 is 1.77 bits per heavy atom. The molecule has 0 saturated carbocycles. The monoisotopic (exact) mass is 349 g/mol. The lowest BCUT2D eigenvalue weighted by molar-refractivity contribution is 0.251. The quantitative estimate of drug-likeness (QED) is 0.699. The highest BCUT2D eigenvalue weighted by molar-refractivity contribution is 5.89. The largest absolute Gasteiger partial charge is 0.493 e. The zero-order valence-electron chi connectivity index (χ0n) is 14.3. The minimum absolute atomic E-state index is 0.285. The molecule has 0 bridgehead atoms. The molecule has 1 aromatic heterocycles. The minimum Gasteiger partial charge on any atom is -0.493 e. The van der Waals surface area contributed by atoms with Gasteiger partial charge in [-0.05, 0) is 48.0 Å². The maximum atomic E-state index is 12.0. The Bertz CT molecular complexity index is 852. The number of aromatic nitrogens is 1. The second kappa shape index (κ2) is 8.53. The molecule has 0 atom stereocenters. The Morgan fingerprint density at radius 3 is 2.46 bits per heavy atom. The van der Waals surface area contributed by atoms with Crippen molar-refractivity contribution >= 4 is 11.7 Å². The van der Waals surface area contributed by atoms with Gasteiger partial charge in [0, 0.05) is 24.6 Å². The van der Waals surface area contributed by atoms with Crippen LogP contribution in [0.3, 0.4) is 0 Å². The number of carbonyl (C=O) groups excluding carboxylic acids is 1. The number of anilines is 1. The number of rotatable bonds is 6. The van der Waals surface area contributed by atoms with Gasteiger partial charge in [0.1, 0.15) is 5.75 Å². The normalized spacial score (nSPS) is 10.0. The van der Waals surface area contributed by atoms with E-state index in [-0.39, 0.29) is 6.03 Å². The van der Waals surface area contributed by atoms with E-state index in [9.17, 15) is 4.79 Å². The van der Waals surface area contributed by atoms with Gasteiger partial charge >= 0.3 is 6.03 Å². The third-order valence-electron chi connectivity index (χ3n) is 3.58. The molecule has 3 rings (SSSR count). The molecule has 0 aliphatic rings. The lowest BCUT2D eigenvalue weighted by Crippen LogP contribution is -2.28. The number of urea groups is 1. The summed E-state index contributed by atoms with van der Waals surface area (Å²) in [6.07, 6.45) is 3.41. The third kappa shape index (κ3) is 4.73. The molecule has 2 aromatic carbocycles. The molecular weight excluding hydrogens is 330 g/mol. The number of nitrogens with zero attached hydrogens (tertiary/aromatic N) is 1. The van der Waals surface area contributed by atoms with Gasteiger partial charge in [0.05, 0.1) is 7.11 Å². The Hall–Kier alpha value is -3.54. The summed E-state index contributed by atoms with van der Waals surface area (Å²) < 4.78 is 11.1. The number of pyridine rings is 1. The first-order valence-electron chi connectivity index (χ1n) is 8.09. The molecule has 1 heterocycles. The molecule has 3 aromatic rings. The zero-order chi connectivity index (χ0) is 18.2. The smallest absolute Gasteiger partial charge is 0.319 e. The van der Waals surface area contributed by atoms with E-state index in [4.69, 9.17) is 9.47 Å². The number of benzene rings is 2. The Morgan fingerprint density at radius 1 is 1.00 bits per heavy atom. The van der Waals surface area contributed by atoms with Crippen molar-refractivity contribution in [2.24, 2.45) is 0 Å². The van der Waals surface area contributed by atoms with Crippen molar-refractivity contribution in [3.05, 3.63) is 78.6 Å². The maximum absolute atomic E-state index is 12.0. The summed E-state index contributed by atoms with van der Waals surface area (Å²) in [5, 5.41) is 5.55. The van der Waals surface area contributed by atoms with Gasteiger partial charge in [-0.1, -0.05) is 18.2 Å². The van der Waals surface area contributed by atoms with Crippen LogP contribution in [0.2, 0.25) is 0 Å². The molecule has 0 saturated heterocycles. The van der Waals surface area contributed by atoms with Crippen LogP contribution in [0.25, 0.3) is 0 Å². The van der Waals surface area contributed by atoms with Gasteiger partial charge < -0.3 is 20.1 Å². The van der Waals surface area contributed by atoms with Gasteiger partial charge in [-0.15, -0.1) is 0 Å². The van der Waals surface area contributed by atoms with E-state index in [2.05, 4.69) is 15.6 Å². The van der Waals surface area contributed by atoms with Crippen molar-refractivity contribution in [1.82, 2.24) is 10.3 Å². The van der Waals surface area contributed by atoms with Crippen LogP contribution < -0.4 is 20.1 Å². The van der Waals surface area contributed by atoms with Gasteiger partial charge in [-0.25, -0.2) is 4.79 Å². The first kappa shape index (κ1) is 17.3. The predicted octanol–water partition coefficient (Wildman–Crippen LogP) is 4.20. The molecule has 6 heteroatoms. The fraction of sp³-hybridized carbons (Fsp3) is 0.100. The molecule has 132 valence electrons. The number of ether oxygens (including phenoxy) is 2. The van der Waals surface area contributed by atoms with Crippen molar-refractivity contribution in [2.45, 2.75) is 6.54 Å².